The van der Waals surface area contributed by atoms with Crippen molar-refractivity contribution in [2.45, 2.75) is 18.7 Å². The lowest BCUT2D eigenvalue weighted by atomic mass is 10.0. The van der Waals surface area contributed by atoms with Crippen molar-refractivity contribution in [2.24, 2.45) is 0 Å². The average Bonchev–Trinajstić information content (AvgIpc) is 2.44. The Kier molecular flexibility index (Phi) is 5.46. The average molecular weight is 327 g/mol. The second-order valence-corrected chi connectivity index (χ2v) is 8.74. The van der Waals surface area contributed by atoms with E-state index in [-0.39, 0.29) is 5.78 Å². The third-order valence-electron chi connectivity index (χ3n) is 3.76. The van der Waals surface area contributed by atoms with Gasteiger partial charge in [0.1, 0.15) is 5.37 Å². The number of benzene rings is 1. The molecule has 0 amide bonds. The van der Waals surface area contributed by atoms with Gasteiger partial charge in [-0.25, -0.2) is 8.42 Å². The van der Waals surface area contributed by atoms with Gasteiger partial charge in [-0.1, -0.05) is 24.3 Å². The number of nitrogens with zero attached hydrogens (tertiary/aromatic N) is 1. The van der Waals surface area contributed by atoms with Crippen LogP contribution in [0.3, 0.4) is 0 Å². The molecular weight excluding hydrogens is 306 g/mol. The van der Waals surface area contributed by atoms with Crippen LogP contribution in [0.5, 0.6) is 0 Å². The number of hydrogen-bond acceptors (Lipinski definition) is 5. The molecule has 0 N–H and O–H groups in total. The largest absolute Gasteiger partial charge is 0.294 e. The van der Waals surface area contributed by atoms with Gasteiger partial charge in [0, 0.05) is 42.8 Å². The topological polar surface area (TPSA) is 54.5 Å². The van der Waals surface area contributed by atoms with Gasteiger partial charge in [-0.05, 0) is 12.5 Å². The third-order valence-corrected chi connectivity index (χ3v) is 6.44. The van der Waals surface area contributed by atoms with E-state index in [4.69, 9.17) is 0 Å². The molecule has 0 radical (unpaired) electrons. The number of aryl methyl sites for hydroxylation is 1. The molecule has 6 heteroatoms. The Hall–Kier alpha value is -0.850. The molecule has 1 aliphatic heterocycles. The highest BCUT2D eigenvalue weighted by Crippen LogP contribution is 2.21. The maximum atomic E-state index is 12.3. The van der Waals surface area contributed by atoms with Crippen molar-refractivity contribution >= 4 is 27.4 Å². The number of sulfone groups is 1. The van der Waals surface area contributed by atoms with E-state index in [1.807, 2.05) is 36.1 Å². The van der Waals surface area contributed by atoms with Crippen LogP contribution in [-0.4, -0.2) is 55.3 Å². The van der Waals surface area contributed by atoms with E-state index in [2.05, 4.69) is 0 Å². The van der Waals surface area contributed by atoms with Crippen LogP contribution in [0.2, 0.25) is 0 Å². The fourth-order valence-corrected chi connectivity index (χ4v) is 5.50. The van der Waals surface area contributed by atoms with Gasteiger partial charge in [0.05, 0.1) is 0 Å². The lowest BCUT2D eigenvalue weighted by Crippen LogP contribution is -2.47. The molecule has 0 aliphatic carbocycles. The minimum absolute atomic E-state index is 0.0820. The Labute approximate surface area is 130 Å². The van der Waals surface area contributed by atoms with Crippen molar-refractivity contribution in [3.05, 3.63) is 35.4 Å². The minimum Gasteiger partial charge on any atom is -0.294 e. The Balaban J connectivity index is 2.01. The van der Waals surface area contributed by atoms with Gasteiger partial charge in [-0.3, -0.25) is 9.69 Å². The Morgan fingerprint density at radius 3 is 2.76 bits per heavy atom. The lowest BCUT2D eigenvalue weighted by Gasteiger charge is -2.33. The minimum atomic E-state index is -3.10. The van der Waals surface area contributed by atoms with Crippen LogP contribution in [0.4, 0.5) is 0 Å². The smallest absolute Gasteiger partial charge is 0.164 e. The van der Waals surface area contributed by atoms with E-state index >= 15 is 0 Å². The molecule has 1 atom stereocenters. The van der Waals surface area contributed by atoms with Crippen LogP contribution in [0.1, 0.15) is 22.3 Å². The maximum Gasteiger partial charge on any atom is 0.164 e. The van der Waals surface area contributed by atoms with Crippen LogP contribution >= 0.6 is 11.8 Å². The molecule has 1 fully saturated rings. The molecule has 1 aliphatic rings. The first kappa shape index (κ1) is 16.5. The molecule has 0 bridgehead atoms. The maximum absolute atomic E-state index is 12.3. The fraction of sp³-hybridized carbons (Fsp3) is 0.533. The van der Waals surface area contributed by atoms with Crippen LogP contribution < -0.4 is 0 Å². The SMILES string of the molecule is Cc1ccccc1C(=O)CCN1CCSCC1S(C)(=O)=O. The Morgan fingerprint density at radius 1 is 1.38 bits per heavy atom. The molecule has 21 heavy (non-hydrogen) atoms. The second kappa shape index (κ2) is 6.94. The number of ketones is 1. The van der Waals surface area contributed by atoms with Gasteiger partial charge >= 0.3 is 0 Å². The highest BCUT2D eigenvalue weighted by Gasteiger charge is 2.30. The lowest BCUT2D eigenvalue weighted by molar-refractivity contribution is 0.0962. The highest BCUT2D eigenvalue weighted by molar-refractivity contribution is 8.00. The summed E-state index contributed by atoms with van der Waals surface area (Å²) in [6.45, 7) is 3.15. The van der Waals surface area contributed by atoms with Crippen molar-refractivity contribution in [1.29, 1.82) is 0 Å². The van der Waals surface area contributed by atoms with Crippen molar-refractivity contribution < 1.29 is 13.2 Å². The van der Waals surface area contributed by atoms with Crippen LogP contribution in [0.15, 0.2) is 24.3 Å². The summed E-state index contributed by atoms with van der Waals surface area (Å²) in [6.07, 6.45) is 1.64. The molecule has 0 spiro atoms. The molecule has 1 aromatic rings. The fourth-order valence-electron chi connectivity index (χ4n) is 2.53. The van der Waals surface area contributed by atoms with Crippen LogP contribution in [0.25, 0.3) is 0 Å². The summed E-state index contributed by atoms with van der Waals surface area (Å²) in [6, 6.07) is 7.52. The Morgan fingerprint density at radius 2 is 2.10 bits per heavy atom. The van der Waals surface area contributed by atoms with E-state index in [9.17, 15) is 13.2 Å². The van der Waals surface area contributed by atoms with Crippen molar-refractivity contribution in [2.75, 3.05) is 30.9 Å². The number of Topliss-reactive ketones (excluding diaryl/α,β-unsaturated/α-hetero) is 1. The highest BCUT2D eigenvalue weighted by atomic mass is 32.2. The summed E-state index contributed by atoms with van der Waals surface area (Å²) in [5, 5.41) is -0.457. The molecular formula is C15H21NO3S2. The third kappa shape index (κ3) is 4.31. The summed E-state index contributed by atoms with van der Waals surface area (Å²) in [7, 11) is -3.10. The number of carbonyl (C=O) groups excluding carboxylic acids is 1. The number of carbonyl (C=O) groups is 1. The van der Waals surface area contributed by atoms with Crippen molar-refractivity contribution in [1.82, 2.24) is 4.90 Å². The predicted octanol–water partition coefficient (Wildman–Crippen LogP) is 1.99. The van der Waals surface area contributed by atoms with E-state index in [0.29, 0.717) is 18.7 Å². The molecule has 1 aromatic carbocycles. The summed E-state index contributed by atoms with van der Waals surface area (Å²) < 4.78 is 23.7. The summed E-state index contributed by atoms with van der Waals surface area (Å²) in [4.78, 5) is 14.2. The number of hydrogen-bond donors (Lipinski definition) is 0. The molecule has 116 valence electrons. The zero-order valence-electron chi connectivity index (χ0n) is 12.4. The molecule has 2 rings (SSSR count). The molecule has 1 heterocycles. The monoisotopic (exact) mass is 327 g/mol. The first-order valence-electron chi connectivity index (χ1n) is 6.99. The standard InChI is InChI=1S/C15H21NO3S2/c1-12-5-3-4-6-13(12)14(17)7-8-16-9-10-20-11-15(16)21(2,18)19/h3-6,15H,7-11H2,1-2H3. The summed E-state index contributed by atoms with van der Waals surface area (Å²) >= 11 is 1.66. The second-order valence-electron chi connectivity index (χ2n) is 5.38. The number of thioether (sulfide) groups is 1. The van der Waals surface area contributed by atoms with Crippen LogP contribution in [0, 0.1) is 6.92 Å². The Bertz CT molecular complexity index is 613. The molecule has 4 nitrogen and oxygen atoms in total. The zero-order chi connectivity index (χ0) is 15.5. The van der Waals surface area contributed by atoms with Crippen molar-refractivity contribution in [3.63, 3.8) is 0 Å². The van der Waals surface area contributed by atoms with Gasteiger partial charge in [-0.15, -0.1) is 0 Å². The van der Waals surface area contributed by atoms with Gasteiger partial charge in [0.15, 0.2) is 15.6 Å². The van der Waals surface area contributed by atoms with Crippen LogP contribution in [-0.2, 0) is 9.84 Å². The summed E-state index contributed by atoms with van der Waals surface area (Å²) in [5.74, 6) is 1.60. The molecule has 0 saturated carbocycles. The van der Waals surface area contributed by atoms with E-state index in [0.717, 1.165) is 23.4 Å². The van der Waals surface area contributed by atoms with Gasteiger partial charge in [0.25, 0.3) is 0 Å². The molecule has 1 saturated heterocycles. The normalized spacial score (nSPS) is 20.4. The van der Waals surface area contributed by atoms with E-state index in [1.165, 1.54) is 6.26 Å². The quantitative estimate of drug-likeness (QED) is 0.774. The van der Waals surface area contributed by atoms with Gasteiger partial charge in [-0.2, -0.15) is 11.8 Å². The summed E-state index contributed by atoms with van der Waals surface area (Å²) in [5.41, 5.74) is 1.70. The number of rotatable bonds is 5. The first-order chi connectivity index (χ1) is 9.89. The molecule has 0 aromatic heterocycles. The zero-order valence-corrected chi connectivity index (χ0v) is 14.0. The van der Waals surface area contributed by atoms with E-state index < -0.39 is 15.2 Å². The van der Waals surface area contributed by atoms with Crippen molar-refractivity contribution in [3.8, 4) is 0 Å². The predicted molar refractivity (Wildman–Crippen MR) is 87.7 cm³/mol. The van der Waals surface area contributed by atoms with E-state index in [1.54, 1.807) is 11.8 Å². The van der Waals surface area contributed by atoms with Gasteiger partial charge < -0.3 is 0 Å². The van der Waals surface area contributed by atoms with Gasteiger partial charge in [0.2, 0.25) is 0 Å². The molecule has 1 unspecified atom stereocenters. The first-order valence-corrected chi connectivity index (χ1v) is 10.1.